The highest BCUT2D eigenvalue weighted by Gasteiger charge is 2.28. The Balaban J connectivity index is 1.63. The third-order valence-electron chi connectivity index (χ3n) is 5.88. The quantitative estimate of drug-likeness (QED) is 0.691. The summed E-state index contributed by atoms with van der Waals surface area (Å²) in [6.45, 7) is 5.06. The Bertz CT molecular complexity index is 1060. The Labute approximate surface area is 190 Å². The van der Waals surface area contributed by atoms with E-state index in [2.05, 4.69) is 12.2 Å². The molecule has 1 fully saturated rings. The molecule has 2 amide bonds. The van der Waals surface area contributed by atoms with Crippen LogP contribution in [0.25, 0.3) is 0 Å². The van der Waals surface area contributed by atoms with Gasteiger partial charge < -0.3 is 10.2 Å². The van der Waals surface area contributed by atoms with Crippen LogP contribution in [-0.2, 0) is 21.2 Å². The number of amides is 2. The summed E-state index contributed by atoms with van der Waals surface area (Å²) < 4.78 is 27.2. The summed E-state index contributed by atoms with van der Waals surface area (Å²) >= 11 is 0. The molecule has 1 aliphatic rings. The number of likely N-dealkylation sites (N-methyl/N-ethyl adjacent to an activating group) is 1. The standard InChI is InChI=1S/C24H31N3O4S/c1-4-19-7-5-6-8-22(19)25-23(28)17-26(3)24(29)20-9-11-21(12-10-20)32(30,31)27-15-13-18(2)14-16-27/h5-12,18H,4,13-17H2,1-3H3,(H,25,28). The number of benzene rings is 2. The molecule has 0 saturated carbocycles. The van der Waals surface area contributed by atoms with Crippen molar-refractivity contribution in [2.45, 2.75) is 38.0 Å². The Kier molecular flexibility index (Phi) is 7.69. The van der Waals surface area contributed by atoms with E-state index in [9.17, 15) is 18.0 Å². The van der Waals surface area contributed by atoms with Crippen LogP contribution >= 0.6 is 0 Å². The highest BCUT2D eigenvalue weighted by Crippen LogP contribution is 2.24. The Morgan fingerprint density at radius 3 is 2.31 bits per heavy atom. The second kappa shape index (κ2) is 10.3. The maximum atomic E-state index is 12.9. The van der Waals surface area contributed by atoms with Crippen molar-refractivity contribution in [1.29, 1.82) is 0 Å². The van der Waals surface area contributed by atoms with Crippen LogP contribution in [0.5, 0.6) is 0 Å². The maximum absolute atomic E-state index is 12.9. The summed E-state index contributed by atoms with van der Waals surface area (Å²) in [5.41, 5.74) is 2.10. The van der Waals surface area contributed by atoms with Crippen molar-refractivity contribution in [2.24, 2.45) is 5.92 Å². The van der Waals surface area contributed by atoms with E-state index in [1.165, 1.54) is 33.5 Å². The Hall–Kier alpha value is -2.71. The van der Waals surface area contributed by atoms with Crippen LogP contribution in [0, 0.1) is 5.92 Å². The summed E-state index contributed by atoms with van der Waals surface area (Å²) in [6, 6.07) is 13.5. The number of nitrogens with zero attached hydrogens (tertiary/aromatic N) is 2. The molecule has 8 heteroatoms. The Morgan fingerprint density at radius 2 is 1.69 bits per heavy atom. The largest absolute Gasteiger partial charge is 0.332 e. The second-order valence-electron chi connectivity index (χ2n) is 8.33. The van der Waals surface area contributed by atoms with Gasteiger partial charge in [0.15, 0.2) is 0 Å². The average molecular weight is 458 g/mol. The lowest BCUT2D eigenvalue weighted by molar-refractivity contribution is -0.116. The summed E-state index contributed by atoms with van der Waals surface area (Å²) in [5, 5.41) is 2.85. The van der Waals surface area contributed by atoms with Gasteiger partial charge in [-0.1, -0.05) is 32.0 Å². The van der Waals surface area contributed by atoms with Gasteiger partial charge in [-0.3, -0.25) is 9.59 Å². The first-order valence-electron chi connectivity index (χ1n) is 11.0. The van der Waals surface area contributed by atoms with Crippen LogP contribution < -0.4 is 5.32 Å². The molecule has 0 aromatic heterocycles. The zero-order valence-electron chi connectivity index (χ0n) is 18.9. The predicted molar refractivity (Wildman–Crippen MR) is 125 cm³/mol. The lowest BCUT2D eigenvalue weighted by Gasteiger charge is -2.29. The molecule has 32 heavy (non-hydrogen) atoms. The number of rotatable bonds is 7. The third-order valence-corrected chi connectivity index (χ3v) is 7.79. The fourth-order valence-electron chi connectivity index (χ4n) is 3.79. The first-order chi connectivity index (χ1) is 15.2. The molecular weight excluding hydrogens is 426 g/mol. The molecule has 1 saturated heterocycles. The zero-order valence-corrected chi connectivity index (χ0v) is 19.7. The number of aryl methyl sites for hydroxylation is 1. The monoisotopic (exact) mass is 457 g/mol. The summed E-state index contributed by atoms with van der Waals surface area (Å²) in [7, 11) is -2.02. The van der Waals surface area contributed by atoms with Crippen molar-refractivity contribution in [1.82, 2.24) is 9.21 Å². The molecular formula is C24H31N3O4S. The number of hydrogen-bond acceptors (Lipinski definition) is 4. The first-order valence-corrected chi connectivity index (χ1v) is 12.4. The fraction of sp³-hybridized carbons (Fsp3) is 0.417. The molecule has 0 aliphatic carbocycles. The van der Waals surface area contributed by atoms with Crippen LogP contribution in [0.1, 0.15) is 42.6 Å². The van der Waals surface area contributed by atoms with Gasteiger partial charge in [-0.05, 0) is 61.1 Å². The van der Waals surface area contributed by atoms with Crippen LogP contribution in [0.15, 0.2) is 53.4 Å². The number of carbonyl (C=O) groups is 2. The van der Waals surface area contributed by atoms with Gasteiger partial charge in [-0.2, -0.15) is 4.31 Å². The minimum absolute atomic E-state index is 0.108. The molecule has 172 valence electrons. The number of para-hydroxylation sites is 1. The van der Waals surface area contributed by atoms with Crippen molar-refractivity contribution in [3.8, 4) is 0 Å². The van der Waals surface area contributed by atoms with Gasteiger partial charge in [0.2, 0.25) is 15.9 Å². The van der Waals surface area contributed by atoms with E-state index in [1.807, 2.05) is 31.2 Å². The van der Waals surface area contributed by atoms with Crippen molar-refractivity contribution in [3.05, 3.63) is 59.7 Å². The van der Waals surface area contributed by atoms with Gasteiger partial charge in [0.25, 0.3) is 5.91 Å². The number of carbonyl (C=O) groups excluding carboxylic acids is 2. The van der Waals surface area contributed by atoms with Gasteiger partial charge in [0.1, 0.15) is 0 Å². The number of sulfonamides is 1. The zero-order chi connectivity index (χ0) is 23.3. The van der Waals surface area contributed by atoms with Gasteiger partial charge in [0, 0.05) is 31.4 Å². The molecule has 2 aromatic carbocycles. The topological polar surface area (TPSA) is 86.8 Å². The number of piperidine rings is 1. The van der Waals surface area contributed by atoms with Crippen molar-refractivity contribution in [2.75, 3.05) is 32.0 Å². The summed E-state index contributed by atoms with van der Waals surface area (Å²) in [4.78, 5) is 26.7. The maximum Gasteiger partial charge on any atom is 0.254 e. The Morgan fingerprint density at radius 1 is 1.06 bits per heavy atom. The van der Waals surface area contributed by atoms with Crippen molar-refractivity contribution in [3.63, 3.8) is 0 Å². The van der Waals surface area contributed by atoms with E-state index in [0.29, 0.717) is 24.6 Å². The minimum atomic E-state index is -3.56. The van der Waals surface area contributed by atoms with Crippen LogP contribution in [0.3, 0.4) is 0 Å². The number of nitrogens with one attached hydrogen (secondary N) is 1. The van der Waals surface area contributed by atoms with Gasteiger partial charge >= 0.3 is 0 Å². The smallest absolute Gasteiger partial charge is 0.254 e. The summed E-state index contributed by atoms with van der Waals surface area (Å²) in [5.74, 6) is -0.107. The summed E-state index contributed by atoms with van der Waals surface area (Å²) in [6.07, 6.45) is 2.49. The van der Waals surface area contributed by atoms with E-state index >= 15 is 0 Å². The molecule has 1 heterocycles. The molecule has 0 spiro atoms. The highest BCUT2D eigenvalue weighted by atomic mass is 32.2. The molecule has 1 N–H and O–H groups in total. The SMILES string of the molecule is CCc1ccccc1NC(=O)CN(C)C(=O)c1ccc(S(=O)(=O)N2CCC(C)CC2)cc1. The van der Waals surface area contributed by atoms with Crippen LogP contribution in [-0.4, -0.2) is 56.1 Å². The van der Waals surface area contributed by atoms with Crippen molar-refractivity contribution < 1.29 is 18.0 Å². The molecule has 0 radical (unpaired) electrons. The van der Waals surface area contributed by atoms with E-state index < -0.39 is 10.0 Å². The molecule has 0 unspecified atom stereocenters. The van der Waals surface area contributed by atoms with Gasteiger partial charge in [-0.25, -0.2) is 8.42 Å². The van der Waals surface area contributed by atoms with Crippen molar-refractivity contribution >= 4 is 27.5 Å². The molecule has 0 atom stereocenters. The van der Waals surface area contributed by atoms with E-state index in [-0.39, 0.29) is 23.3 Å². The minimum Gasteiger partial charge on any atom is -0.332 e. The van der Waals surface area contributed by atoms with Crippen LogP contribution in [0.4, 0.5) is 5.69 Å². The van der Waals surface area contributed by atoms with E-state index in [1.54, 1.807) is 7.05 Å². The second-order valence-corrected chi connectivity index (χ2v) is 10.3. The number of anilines is 1. The molecule has 0 bridgehead atoms. The fourth-order valence-corrected chi connectivity index (χ4v) is 5.26. The van der Waals surface area contributed by atoms with Crippen LogP contribution in [0.2, 0.25) is 0 Å². The van der Waals surface area contributed by atoms with Gasteiger partial charge in [-0.15, -0.1) is 0 Å². The normalized spacial score (nSPS) is 15.3. The highest BCUT2D eigenvalue weighted by molar-refractivity contribution is 7.89. The first kappa shape index (κ1) is 23.9. The molecule has 1 aliphatic heterocycles. The van der Waals surface area contributed by atoms with E-state index in [4.69, 9.17) is 0 Å². The average Bonchev–Trinajstić information content (AvgIpc) is 2.79. The molecule has 2 aromatic rings. The lowest BCUT2D eigenvalue weighted by Crippen LogP contribution is -2.38. The number of hydrogen-bond donors (Lipinski definition) is 1. The molecule has 7 nitrogen and oxygen atoms in total. The molecule has 3 rings (SSSR count). The predicted octanol–water partition coefficient (Wildman–Crippen LogP) is 3.38. The lowest BCUT2D eigenvalue weighted by atomic mass is 10.0. The third kappa shape index (κ3) is 5.55. The van der Waals surface area contributed by atoms with Gasteiger partial charge in [0.05, 0.1) is 11.4 Å². The van der Waals surface area contributed by atoms with E-state index in [0.717, 1.165) is 30.5 Å².